The van der Waals surface area contributed by atoms with Gasteiger partial charge in [-0.25, -0.2) is 19.3 Å². The maximum Gasteiger partial charge on any atom is 0.165 e. The van der Waals surface area contributed by atoms with Gasteiger partial charge in [-0.1, -0.05) is 23.7 Å². The third kappa shape index (κ3) is 3.61. The molecule has 34 heavy (non-hydrogen) atoms. The maximum absolute atomic E-state index is 13.7. The first-order valence-corrected chi connectivity index (χ1v) is 11.8. The first kappa shape index (κ1) is 21.7. The molecular formula is C25H25ClFN5O2. The van der Waals surface area contributed by atoms with Crippen LogP contribution < -0.4 is 5.73 Å². The first-order valence-electron chi connectivity index (χ1n) is 11.5. The fourth-order valence-electron chi connectivity index (χ4n) is 5.53. The van der Waals surface area contributed by atoms with Crippen molar-refractivity contribution in [1.82, 2.24) is 19.5 Å². The number of nitrogens with zero attached hydrogens (tertiary/aromatic N) is 4. The van der Waals surface area contributed by atoms with Crippen LogP contribution in [0.5, 0.6) is 0 Å². The standard InChI is InChI=1S/C25H25ClFN5O2/c1-25(2)33-20-15(6-4-13-3-5-14-10-17(27)23(28)31-18(14)9-13)11-19(21(20)34-25)32-8-7-16-22(26)29-12-30-24(16)32/h3,5,7-10,12,15,19-21H,4,6,11H2,1-2H3,(H2,28,31)/t15-,19+,20?,21-/m0/s1. The number of aryl methyl sites for hydroxylation is 1. The van der Waals surface area contributed by atoms with E-state index in [9.17, 15) is 4.39 Å². The molecule has 2 N–H and O–H groups in total. The molecule has 7 nitrogen and oxygen atoms in total. The van der Waals surface area contributed by atoms with Gasteiger partial charge < -0.3 is 19.8 Å². The molecule has 2 aliphatic rings. The molecule has 0 radical (unpaired) electrons. The Balaban J connectivity index is 1.27. The van der Waals surface area contributed by atoms with Crippen LogP contribution in [0, 0.1) is 11.7 Å². The van der Waals surface area contributed by atoms with Gasteiger partial charge in [0.25, 0.3) is 0 Å². The quantitative estimate of drug-likeness (QED) is 0.409. The zero-order valence-corrected chi connectivity index (χ0v) is 19.7. The van der Waals surface area contributed by atoms with E-state index >= 15 is 0 Å². The van der Waals surface area contributed by atoms with Gasteiger partial charge in [-0.2, -0.15) is 0 Å². The molecular weight excluding hydrogens is 457 g/mol. The monoisotopic (exact) mass is 481 g/mol. The molecule has 4 aromatic rings. The summed E-state index contributed by atoms with van der Waals surface area (Å²) in [7, 11) is 0. The number of benzene rings is 1. The van der Waals surface area contributed by atoms with Crippen LogP contribution in [-0.4, -0.2) is 37.5 Å². The Morgan fingerprint density at radius 2 is 2.00 bits per heavy atom. The van der Waals surface area contributed by atoms with E-state index in [1.807, 2.05) is 44.3 Å². The Bertz CT molecular complexity index is 1410. The number of fused-ring (bicyclic) bond motifs is 3. The SMILES string of the molecule is CC1(C)OC2[C@@H](CCc3ccc4cc(F)c(N)nc4c3)C[C@@H](n3ccc4c(Cl)ncnc43)[C@@H]2O1. The number of halogens is 2. The van der Waals surface area contributed by atoms with E-state index in [-0.39, 0.29) is 24.1 Å². The molecule has 2 fully saturated rings. The summed E-state index contributed by atoms with van der Waals surface area (Å²) in [6.07, 6.45) is 6.09. The molecule has 1 unspecified atom stereocenters. The van der Waals surface area contributed by atoms with Crippen molar-refractivity contribution < 1.29 is 13.9 Å². The van der Waals surface area contributed by atoms with E-state index < -0.39 is 11.6 Å². The molecule has 9 heteroatoms. The molecule has 0 spiro atoms. The molecule has 0 bridgehead atoms. The van der Waals surface area contributed by atoms with Crippen LogP contribution in [0.15, 0.2) is 42.9 Å². The molecule has 0 amide bonds. The minimum atomic E-state index is -0.643. The van der Waals surface area contributed by atoms with Gasteiger partial charge in [-0.05, 0) is 62.8 Å². The van der Waals surface area contributed by atoms with Crippen LogP contribution in [-0.2, 0) is 15.9 Å². The summed E-state index contributed by atoms with van der Waals surface area (Å²) in [5.74, 6) is -0.911. The lowest BCUT2D eigenvalue weighted by atomic mass is 9.95. The van der Waals surface area contributed by atoms with E-state index in [0.29, 0.717) is 16.6 Å². The largest absolute Gasteiger partial charge is 0.381 e. The van der Waals surface area contributed by atoms with E-state index in [1.54, 1.807) is 0 Å². The van der Waals surface area contributed by atoms with Crippen molar-refractivity contribution in [3.8, 4) is 0 Å². The van der Waals surface area contributed by atoms with E-state index in [4.69, 9.17) is 26.8 Å². The average molecular weight is 482 g/mol. The lowest BCUT2D eigenvalue weighted by molar-refractivity contribution is -0.160. The molecule has 1 saturated heterocycles. The number of anilines is 1. The highest BCUT2D eigenvalue weighted by atomic mass is 35.5. The summed E-state index contributed by atoms with van der Waals surface area (Å²) in [6.45, 7) is 3.93. The number of nitrogen functional groups attached to an aromatic ring is 1. The molecule has 4 heterocycles. The van der Waals surface area contributed by atoms with E-state index in [1.165, 1.54) is 12.4 Å². The van der Waals surface area contributed by atoms with Crippen LogP contribution in [0.2, 0.25) is 5.15 Å². The van der Waals surface area contributed by atoms with Crippen molar-refractivity contribution >= 4 is 39.4 Å². The molecule has 1 saturated carbocycles. The van der Waals surface area contributed by atoms with Gasteiger partial charge in [0.1, 0.15) is 23.2 Å². The Morgan fingerprint density at radius 1 is 1.18 bits per heavy atom. The molecule has 1 aliphatic carbocycles. The third-order valence-electron chi connectivity index (χ3n) is 7.04. The minimum Gasteiger partial charge on any atom is -0.381 e. The van der Waals surface area contributed by atoms with Crippen molar-refractivity contribution in [2.45, 2.75) is 57.1 Å². The third-order valence-corrected chi connectivity index (χ3v) is 7.34. The number of pyridine rings is 1. The molecule has 3 aromatic heterocycles. The van der Waals surface area contributed by atoms with Crippen LogP contribution in [0.4, 0.5) is 10.2 Å². The molecule has 1 aromatic carbocycles. The van der Waals surface area contributed by atoms with Crippen LogP contribution in [0.25, 0.3) is 21.9 Å². The predicted molar refractivity (Wildman–Crippen MR) is 128 cm³/mol. The lowest BCUT2D eigenvalue weighted by Gasteiger charge is -2.24. The number of rotatable bonds is 4. The Labute approximate surface area is 201 Å². The van der Waals surface area contributed by atoms with Crippen molar-refractivity contribution in [2.75, 3.05) is 5.73 Å². The smallest absolute Gasteiger partial charge is 0.165 e. The minimum absolute atomic E-state index is 0.0157. The predicted octanol–water partition coefficient (Wildman–Crippen LogP) is 5.07. The zero-order chi connectivity index (χ0) is 23.6. The van der Waals surface area contributed by atoms with Crippen molar-refractivity contribution in [3.05, 3.63) is 59.4 Å². The lowest BCUT2D eigenvalue weighted by Crippen LogP contribution is -2.27. The summed E-state index contributed by atoms with van der Waals surface area (Å²) in [5, 5.41) is 2.02. The Kier molecular flexibility index (Phi) is 5.02. The first-order chi connectivity index (χ1) is 16.3. The zero-order valence-electron chi connectivity index (χ0n) is 18.9. The van der Waals surface area contributed by atoms with Crippen LogP contribution in [0.1, 0.15) is 38.3 Å². The van der Waals surface area contributed by atoms with Gasteiger partial charge in [0.05, 0.1) is 23.0 Å². The van der Waals surface area contributed by atoms with Gasteiger partial charge in [0, 0.05) is 11.6 Å². The summed E-state index contributed by atoms with van der Waals surface area (Å²) in [6, 6.07) is 9.38. The highest BCUT2D eigenvalue weighted by Gasteiger charge is 2.54. The Hall–Kier alpha value is -2.81. The number of aromatic nitrogens is 4. The van der Waals surface area contributed by atoms with E-state index in [0.717, 1.165) is 41.2 Å². The normalized spacial score (nSPS) is 25.9. The van der Waals surface area contributed by atoms with Gasteiger partial charge in [-0.3, -0.25) is 0 Å². The summed E-state index contributed by atoms with van der Waals surface area (Å²) in [4.78, 5) is 12.8. The topological polar surface area (TPSA) is 88.1 Å². The van der Waals surface area contributed by atoms with Crippen molar-refractivity contribution in [1.29, 1.82) is 0 Å². The van der Waals surface area contributed by atoms with Crippen LogP contribution in [0.3, 0.4) is 0 Å². The van der Waals surface area contributed by atoms with Crippen molar-refractivity contribution in [2.24, 2.45) is 5.92 Å². The highest BCUT2D eigenvalue weighted by Crippen LogP contribution is 2.49. The van der Waals surface area contributed by atoms with Gasteiger partial charge >= 0.3 is 0 Å². The van der Waals surface area contributed by atoms with Crippen LogP contribution >= 0.6 is 11.6 Å². The average Bonchev–Trinajstić information content (AvgIpc) is 3.45. The number of hydrogen-bond acceptors (Lipinski definition) is 6. The van der Waals surface area contributed by atoms with E-state index in [2.05, 4.69) is 19.5 Å². The second kappa shape index (κ2) is 7.86. The van der Waals surface area contributed by atoms with Gasteiger partial charge in [-0.15, -0.1) is 0 Å². The second-order valence-corrected chi connectivity index (χ2v) is 10.0. The summed E-state index contributed by atoms with van der Waals surface area (Å²) >= 11 is 6.29. The summed E-state index contributed by atoms with van der Waals surface area (Å²) in [5.41, 5.74) is 8.31. The Morgan fingerprint density at radius 3 is 2.85 bits per heavy atom. The maximum atomic E-state index is 13.7. The number of nitrogens with two attached hydrogens (primary N) is 1. The van der Waals surface area contributed by atoms with Gasteiger partial charge in [0.15, 0.2) is 17.4 Å². The second-order valence-electron chi connectivity index (χ2n) is 9.67. The molecule has 176 valence electrons. The summed E-state index contributed by atoms with van der Waals surface area (Å²) < 4.78 is 28.6. The number of hydrogen-bond donors (Lipinski definition) is 1. The molecule has 1 aliphatic heterocycles. The fourth-order valence-corrected chi connectivity index (χ4v) is 5.72. The molecule has 4 atom stereocenters. The van der Waals surface area contributed by atoms with Gasteiger partial charge in [0.2, 0.25) is 0 Å². The molecule has 6 rings (SSSR count). The fraction of sp³-hybridized carbons (Fsp3) is 0.400. The highest BCUT2D eigenvalue weighted by molar-refractivity contribution is 6.33. The number of ether oxygens (including phenoxy) is 2. The van der Waals surface area contributed by atoms with Crippen molar-refractivity contribution in [3.63, 3.8) is 0 Å².